The first-order chi connectivity index (χ1) is 9.16. The molecule has 0 spiro atoms. The van der Waals surface area contributed by atoms with Gasteiger partial charge in [0.25, 0.3) is 0 Å². The number of aromatic nitrogens is 1. The molecule has 4 rings (SSSR count). The summed E-state index contributed by atoms with van der Waals surface area (Å²) in [4.78, 5) is 0. The largest absolute Gasteiger partial charge is 1.00 e. The van der Waals surface area contributed by atoms with E-state index in [1.165, 1.54) is 61.3 Å². The standard InChI is InChI=1S/C16H11BrN.3ClH.Zr/c1-18-15-7-6-11(17)9-13(15)14-8-10-4-2-3-5-12(10)16(14)18;;;;/h2-3,5-7,9H,8H2,1H3;3*1H;/q;;;;+3/p-3. The second-order valence-electron chi connectivity index (χ2n) is 5.06. The molecule has 1 aromatic heterocycles. The summed E-state index contributed by atoms with van der Waals surface area (Å²) in [5, 5.41) is 1.39. The summed E-state index contributed by atoms with van der Waals surface area (Å²) in [5.41, 5.74) is 7.19. The first-order valence-electron chi connectivity index (χ1n) is 6.27. The van der Waals surface area contributed by atoms with E-state index in [-0.39, 0.29) is 37.2 Å². The summed E-state index contributed by atoms with van der Waals surface area (Å²) in [6, 6.07) is 13.3. The number of nitrogens with zero attached hydrogens (tertiary/aromatic N) is 1. The molecule has 0 saturated heterocycles. The molecule has 0 atom stereocenters. The van der Waals surface area contributed by atoms with E-state index in [9.17, 15) is 0 Å². The smallest absolute Gasteiger partial charge is 1.00 e. The molecule has 0 N–H and O–H groups in total. The van der Waals surface area contributed by atoms with Crippen molar-refractivity contribution in [1.29, 1.82) is 0 Å². The Morgan fingerprint density at radius 2 is 1.77 bits per heavy atom. The maximum atomic E-state index is 3.59. The van der Waals surface area contributed by atoms with Crippen molar-refractivity contribution in [2.75, 3.05) is 0 Å². The molecule has 6 heteroatoms. The predicted molar refractivity (Wildman–Crippen MR) is 78.5 cm³/mol. The summed E-state index contributed by atoms with van der Waals surface area (Å²) in [7, 11) is 2.18. The van der Waals surface area contributed by atoms with Crippen LogP contribution in [0.2, 0.25) is 0 Å². The van der Waals surface area contributed by atoms with E-state index < -0.39 is 0 Å². The van der Waals surface area contributed by atoms with E-state index >= 15 is 0 Å². The molecule has 0 bridgehead atoms. The average Bonchev–Trinajstić information content (AvgIpc) is 2.89. The third-order valence-corrected chi connectivity index (χ3v) is 5.70. The Hall–Kier alpha value is 0.213. The Morgan fingerprint density at radius 3 is 2.50 bits per heavy atom. The predicted octanol–water partition coefficient (Wildman–Crippen LogP) is -5.30. The van der Waals surface area contributed by atoms with Crippen LogP contribution >= 0.6 is 15.9 Å². The van der Waals surface area contributed by atoms with Crippen molar-refractivity contribution in [3.63, 3.8) is 0 Å². The van der Waals surface area contributed by atoms with Crippen molar-refractivity contribution < 1.29 is 61.9 Å². The zero-order chi connectivity index (χ0) is 13.1. The Balaban J connectivity index is 0.000000807. The zero-order valence-electron chi connectivity index (χ0n) is 11.6. The van der Waals surface area contributed by atoms with Crippen molar-refractivity contribution in [2.45, 2.75) is 6.42 Å². The minimum absolute atomic E-state index is 0. The molecule has 112 valence electrons. The summed E-state index contributed by atoms with van der Waals surface area (Å²) in [6.07, 6.45) is 1.08. The summed E-state index contributed by atoms with van der Waals surface area (Å²) in [5.74, 6) is 0. The number of hydrogen-bond acceptors (Lipinski definition) is 0. The van der Waals surface area contributed by atoms with Gasteiger partial charge < -0.3 is 37.2 Å². The van der Waals surface area contributed by atoms with Crippen LogP contribution in [0.4, 0.5) is 0 Å². The maximum absolute atomic E-state index is 3.59. The van der Waals surface area contributed by atoms with E-state index in [1.54, 1.807) is 0 Å². The fourth-order valence-corrected chi connectivity index (χ4v) is 4.34. The van der Waals surface area contributed by atoms with Gasteiger partial charge in [-0.3, -0.25) is 0 Å². The van der Waals surface area contributed by atoms with Crippen molar-refractivity contribution in [1.82, 2.24) is 4.57 Å². The first-order valence-corrected chi connectivity index (χ1v) is 8.29. The molecule has 22 heavy (non-hydrogen) atoms. The third kappa shape index (κ3) is 2.84. The fourth-order valence-electron chi connectivity index (χ4n) is 3.19. The average molecular weight is 495 g/mol. The van der Waals surface area contributed by atoms with Crippen LogP contribution in [0.5, 0.6) is 0 Å². The molecule has 0 radical (unpaired) electrons. The molecule has 1 nitrogen and oxygen atoms in total. The van der Waals surface area contributed by atoms with Crippen molar-refractivity contribution in [2.24, 2.45) is 7.05 Å². The molecule has 2 aromatic carbocycles. The van der Waals surface area contributed by atoms with Crippen LogP contribution in [0.25, 0.3) is 22.2 Å². The van der Waals surface area contributed by atoms with Gasteiger partial charge in [-0.2, -0.15) is 0 Å². The summed E-state index contributed by atoms with van der Waals surface area (Å²) in [6.45, 7) is 0. The van der Waals surface area contributed by atoms with Gasteiger partial charge in [0.05, 0.1) is 0 Å². The van der Waals surface area contributed by atoms with Gasteiger partial charge in [-0.1, -0.05) is 0 Å². The van der Waals surface area contributed by atoms with E-state index in [0.717, 1.165) is 10.9 Å². The van der Waals surface area contributed by atoms with E-state index in [1.807, 2.05) is 0 Å². The number of hydrogen-bond donors (Lipinski definition) is 0. The van der Waals surface area contributed by atoms with Crippen molar-refractivity contribution in [3.05, 3.63) is 52.0 Å². The van der Waals surface area contributed by atoms with Gasteiger partial charge in [0, 0.05) is 0 Å². The summed E-state index contributed by atoms with van der Waals surface area (Å²) < 4.78 is 4.99. The molecular formula is C16H11BrCl3NZr. The Bertz CT molecular complexity index is 845. The van der Waals surface area contributed by atoms with Crippen LogP contribution < -0.4 is 40.5 Å². The molecule has 0 unspecified atom stereocenters. The van der Waals surface area contributed by atoms with E-state index in [4.69, 9.17) is 0 Å². The minimum Gasteiger partial charge on any atom is -1.00 e. The van der Waals surface area contributed by atoms with Gasteiger partial charge in [0.1, 0.15) is 0 Å². The van der Waals surface area contributed by atoms with Crippen LogP contribution in [0.15, 0.2) is 40.9 Å². The Kier molecular flexibility index (Phi) is 6.82. The number of benzene rings is 2. The topological polar surface area (TPSA) is 4.93 Å². The normalized spacial score (nSPS) is 11.1. The molecule has 0 saturated carbocycles. The monoisotopic (exact) mass is 491 g/mol. The van der Waals surface area contributed by atoms with Gasteiger partial charge >= 0.3 is 136 Å². The molecule has 1 aliphatic rings. The van der Waals surface area contributed by atoms with Crippen LogP contribution in [0.1, 0.15) is 11.1 Å². The SMILES string of the molecule is Cn1c2c(c3cc(Br)ccc31)Cc1[c]([Zr+3])cccc1-2.[Cl-].[Cl-].[Cl-]. The Labute approximate surface area is 172 Å². The number of fused-ring (bicyclic) bond motifs is 5. The minimum atomic E-state index is 0. The maximum Gasteiger partial charge on any atom is -1.00 e. The van der Waals surface area contributed by atoms with Gasteiger partial charge in [0.2, 0.25) is 0 Å². The van der Waals surface area contributed by atoms with Crippen molar-refractivity contribution >= 4 is 30.1 Å². The van der Waals surface area contributed by atoms with Gasteiger partial charge in [0.15, 0.2) is 0 Å². The second-order valence-corrected chi connectivity index (χ2v) is 7.30. The van der Waals surface area contributed by atoms with Gasteiger partial charge in [-0.15, -0.1) is 0 Å². The molecular weight excluding hydrogens is 484 g/mol. The van der Waals surface area contributed by atoms with Gasteiger partial charge in [-0.25, -0.2) is 0 Å². The molecule has 1 aliphatic carbocycles. The summed E-state index contributed by atoms with van der Waals surface area (Å²) >= 11 is 5.10. The molecule has 1 heterocycles. The van der Waals surface area contributed by atoms with Crippen molar-refractivity contribution in [3.8, 4) is 11.3 Å². The quantitative estimate of drug-likeness (QED) is 0.230. The third-order valence-electron chi connectivity index (χ3n) is 4.05. The van der Waals surface area contributed by atoms with Gasteiger partial charge in [-0.05, 0) is 0 Å². The molecule has 0 amide bonds. The second kappa shape index (κ2) is 7.40. The fraction of sp³-hybridized carbons (Fsp3) is 0.125. The van der Waals surface area contributed by atoms with Crippen LogP contribution in [-0.4, -0.2) is 4.57 Å². The van der Waals surface area contributed by atoms with Crippen LogP contribution in [-0.2, 0) is 38.2 Å². The van der Waals surface area contributed by atoms with E-state index in [2.05, 4.69) is 63.9 Å². The van der Waals surface area contributed by atoms with Crippen LogP contribution in [0.3, 0.4) is 0 Å². The number of aryl methyl sites for hydroxylation is 1. The van der Waals surface area contributed by atoms with E-state index in [0.29, 0.717) is 0 Å². The number of halogens is 4. The Morgan fingerprint density at radius 1 is 1.05 bits per heavy atom. The molecule has 0 aliphatic heterocycles. The first kappa shape index (κ1) is 20.3. The molecule has 3 aromatic rings. The molecule has 0 fully saturated rings. The number of rotatable bonds is 0. The van der Waals surface area contributed by atoms with Crippen LogP contribution in [0, 0.1) is 0 Å². The zero-order valence-corrected chi connectivity index (χ0v) is 17.9.